The molecule has 1 heterocycles. The minimum absolute atomic E-state index is 0.0332. The molecule has 0 amide bonds. The average molecular weight is 420 g/mol. The largest absolute Gasteiger partial charge is 0.494 e. The zero-order valence-electron chi connectivity index (χ0n) is 16.5. The average Bonchev–Trinajstić information content (AvgIpc) is 2.70. The number of ether oxygens (including phenoxy) is 2. The van der Waals surface area contributed by atoms with Gasteiger partial charge in [-0.3, -0.25) is 0 Å². The first-order valence-corrected chi connectivity index (χ1v) is 9.79. The Hall–Kier alpha value is -2.96. The summed E-state index contributed by atoms with van der Waals surface area (Å²) in [6.07, 6.45) is -1.66. The van der Waals surface area contributed by atoms with E-state index >= 15 is 0 Å². The number of alkyl halides is 3. The first-order valence-electron chi connectivity index (χ1n) is 9.79. The standard InChI is InChI=1S/C23H23F3O4/c1-2-3-7-12-29-18-10-11-20-17(13-18)14-19(21(27)28)22(30-20,23(24,25)26)15-16-8-5-4-6-9-16/h4-6,8-11,13-14H,2-3,7,12,15H2,1H3,(H,27,28). The van der Waals surface area contributed by atoms with Crippen molar-refractivity contribution in [2.75, 3.05) is 6.61 Å². The Labute approximate surface area is 172 Å². The van der Waals surface area contributed by atoms with Crippen LogP contribution in [0.5, 0.6) is 11.5 Å². The summed E-state index contributed by atoms with van der Waals surface area (Å²) in [6.45, 7) is 2.54. The van der Waals surface area contributed by atoms with E-state index in [1.807, 2.05) is 0 Å². The van der Waals surface area contributed by atoms with E-state index in [1.165, 1.54) is 30.3 Å². The molecule has 0 aliphatic carbocycles. The van der Waals surface area contributed by atoms with Crippen LogP contribution in [0.25, 0.3) is 6.08 Å². The molecule has 2 aromatic rings. The Balaban J connectivity index is 2.00. The second kappa shape index (κ2) is 8.81. The lowest BCUT2D eigenvalue weighted by atomic mass is 9.82. The van der Waals surface area contributed by atoms with E-state index in [2.05, 4.69) is 6.92 Å². The number of benzene rings is 2. The normalized spacial score (nSPS) is 18.2. The molecule has 0 bridgehead atoms. The fraction of sp³-hybridized carbons (Fsp3) is 0.348. The fourth-order valence-electron chi connectivity index (χ4n) is 3.44. The molecule has 7 heteroatoms. The van der Waals surface area contributed by atoms with Crippen molar-refractivity contribution in [2.24, 2.45) is 0 Å². The van der Waals surface area contributed by atoms with Gasteiger partial charge in [-0.2, -0.15) is 13.2 Å². The maximum Gasteiger partial charge on any atom is 0.433 e. The highest BCUT2D eigenvalue weighted by Crippen LogP contribution is 2.47. The molecule has 1 aliphatic rings. The molecule has 0 aromatic heterocycles. The molecule has 0 saturated heterocycles. The Bertz CT molecular complexity index is 922. The molecule has 0 spiro atoms. The van der Waals surface area contributed by atoms with E-state index in [0.717, 1.165) is 25.3 Å². The van der Waals surface area contributed by atoms with E-state index < -0.39 is 29.7 Å². The minimum Gasteiger partial charge on any atom is -0.494 e. The second-order valence-corrected chi connectivity index (χ2v) is 7.21. The van der Waals surface area contributed by atoms with Crippen molar-refractivity contribution < 1.29 is 32.5 Å². The van der Waals surface area contributed by atoms with Gasteiger partial charge in [0.2, 0.25) is 5.60 Å². The number of carboxylic acids is 1. The number of carboxylic acid groups (broad SMARTS) is 1. The number of hydrogen-bond acceptors (Lipinski definition) is 3. The number of aliphatic carboxylic acids is 1. The van der Waals surface area contributed by atoms with Gasteiger partial charge in [-0.1, -0.05) is 50.1 Å². The highest BCUT2D eigenvalue weighted by atomic mass is 19.4. The fourth-order valence-corrected chi connectivity index (χ4v) is 3.44. The maximum atomic E-state index is 14.3. The van der Waals surface area contributed by atoms with E-state index in [4.69, 9.17) is 9.47 Å². The number of halogens is 3. The van der Waals surface area contributed by atoms with Crippen LogP contribution in [0.15, 0.2) is 54.1 Å². The molecule has 1 aliphatic heterocycles. The SMILES string of the molecule is CCCCCOc1ccc2c(c1)C=C(C(=O)O)C(Cc1ccccc1)(C(F)(F)F)O2. The van der Waals surface area contributed by atoms with Gasteiger partial charge < -0.3 is 14.6 Å². The monoisotopic (exact) mass is 420 g/mol. The molecule has 2 aromatic carbocycles. The van der Waals surface area contributed by atoms with Gasteiger partial charge in [-0.15, -0.1) is 0 Å². The Morgan fingerprint density at radius 1 is 1.13 bits per heavy atom. The summed E-state index contributed by atoms with van der Waals surface area (Å²) in [6, 6.07) is 12.3. The number of fused-ring (bicyclic) bond motifs is 1. The van der Waals surface area contributed by atoms with Crippen LogP contribution in [0.4, 0.5) is 13.2 Å². The molecule has 1 N–H and O–H groups in total. The van der Waals surface area contributed by atoms with Crippen LogP contribution in [0.3, 0.4) is 0 Å². The quantitative estimate of drug-likeness (QED) is 0.560. The Morgan fingerprint density at radius 2 is 1.87 bits per heavy atom. The van der Waals surface area contributed by atoms with Crippen LogP contribution in [0, 0.1) is 0 Å². The molecule has 0 radical (unpaired) electrons. The van der Waals surface area contributed by atoms with Gasteiger partial charge in [-0.25, -0.2) is 4.79 Å². The smallest absolute Gasteiger partial charge is 0.433 e. The summed E-state index contributed by atoms with van der Waals surface area (Å²) in [4.78, 5) is 11.9. The van der Waals surface area contributed by atoms with Gasteiger partial charge >= 0.3 is 12.1 Å². The number of hydrogen-bond donors (Lipinski definition) is 1. The zero-order valence-corrected chi connectivity index (χ0v) is 16.5. The van der Waals surface area contributed by atoms with Crippen LogP contribution in [-0.2, 0) is 11.2 Å². The van der Waals surface area contributed by atoms with Crippen LogP contribution in [0.1, 0.15) is 37.3 Å². The first kappa shape index (κ1) is 21.7. The van der Waals surface area contributed by atoms with Gasteiger partial charge in [0.05, 0.1) is 12.2 Å². The molecule has 30 heavy (non-hydrogen) atoms. The highest BCUT2D eigenvalue weighted by molar-refractivity contribution is 5.96. The lowest BCUT2D eigenvalue weighted by Crippen LogP contribution is -2.56. The molecule has 3 rings (SSSR count). The van der Waals surface area contributed by atoms with Crippen LogP contribution in [0.2, 0.25) is 0 Å². The summed E-state index contributed by atoms with van der Waals surface area (Å²) in [5.41, 5.74) is -3.28. The predicted octanol–water partition coefficient (Wildman–Crippen LogP) is 5.66. The van der Waals surface area contributed by atoms with E-state index in [1.54, 1.807) is 18.2 Å². The van der Waals surface area contributed by atoms with Crippen molar-refractivity contribution >= 4 is 12.0 Å². The third kappa shape index (κ3) is 4.45. The van der Waals surface area contributed by atoms with Gasteiger partial charge in [0.15, 0.2) is 0 Å². The zero-order chi connectivity index (χ0) is 21.8. The van der Waals surface area contributed by atoms with Crippen molar-refractivity contribution in [3.05, 3.63) is 65.2 Å². The molecular weight excluding hydrogens is 397 g/mol. The molecule has 0 fully saturated rings. The van der Waals surface area contributed by atoms with Gasteiger partial charge in [0, 0.05) is 12.0 Å². The highest BCUT2D eigenvalue weighted by Gasteiger charge is 2.63. The van der Waals surface area contributed by atoms with Gasteiger partial charge in [0.1, 0.15) is 11.5 Å². The molecule has 1 unspecified atom stereocenters. The summed E-state index contributed by atoms with van der Waals surface area (Å²) in [5, 5.41) is 9.63. The van der Waals surface area contributed by atoms with Gasteiger partial charge in [0.25, 0.3) is 0 Å². The maximum absolute atomic E-state index is 14.3. The number of rotatable bonds is 8. The first-order chi connectivity index (χ1) is 14.3. The van der Waals surface area contributed by atoms with Crippen LogP contribution >= 0.6 is 0 Å². The van der Waals surface area contributed by atoms with E-state index in [-0.39, 0.29) is 11.3 Å². The third-order valence-corrected chi connectivity index (χ3v) is 5.00. The molecular formula is C23H23F3O4. The number of unbranched alkanes of at least 4 members (excludes halogenated alkanes) is 2. The molecule has 160 valence electrons. The lowest BCUT2D eigenvalue weighted by Gasteiger charge is -2.39. The lowest BCUT2D eigenvalue weighted by molar-refractivity contribution is -0.235. The third-order valence-electron chi connectivity index (χ3n) is 5.00. The number of carbonyl (C=O) groups is 1. The van der Waals surface area contributed by atoms with Crippen molar-refractivity contribution in [1.82, 2.24) is 0 Å². The van der Waals surface area contributed by atoms with Crippen molar-refractivity contribution in [2.45, 2.75) is 44.4 Å². The molecule has 0 saturated carbocycles. The summed E-state index contributed by atoms with van der Waals surface area (Å²) in [7, 11) is 0. The summed E-state index contributed by atoms with van der Waals surface area (Å²) < 4.78 is 53.8. The van der Waals surface area contributed by atoms with Crippen molar-refractivity contribution in [3.63, 3.8) is 0 Å². The van der Waals surface area contributed by atoms with Crippen LogP contribution in [-0.4, -0.2) is 29.5 Å². The summed E-state index contributed by atoms with van der Waals surface area (Å²) in [5.74, 6) is -1.26. The van der Waals surface area contributed by atoms with E-state index in [0.29, 0.717) is 17.9 Å². The van der Waals surface area contributed by atoms with Crippen molar-refractivity contribution in [3.8, 4) is 11.5 Å². The van der Waals surface area contributed by atoms with Crippen LogP contribution < -0.4 is 9.47 Å². The van der Waals surface area contributed by atoms with Gasteiger partial charge in [-0.05, 0) is 36.3 Å². The Kier molecular flexibility index (Phi) is 6.39. The molecule has 1 atom stereocenters. The Morgan fingerprint density at radius 3 is 2.50 bits per heavy atom. The topological polar surface area (TPSA) is 55.8 Å². The summed E-state index contributed by atoms with van der Waals surface area (Å²) >= 11 is 0. The van der Waals surface area contributed by atoms with E-state index in [9.17, 15) is 23.1 Å². The predicted molar refractivity (Wildman–Crippen MR) is 107 cm³/mol. The van der Waals surface area contributed by atoms with Crippen molar-refractivity contribution in [1.29, 1.82) is 0 Å². The molecule has 4 nitrogen and oxygen atoms in total. The minimum atomic E-state index is -4.94. The second-order valence-electron chi connectivity index (χ2n) is 7.21.